The number of benzene rings is 2. The Morgan fingerprint density at radius 3 is 2.46 bits per heavy atom. The summed E-state index contributed by atoms with van der Waals surface area (Å²) in [5, 5.41) is 2.90. The number of amides is 3. The van der Waals surface area contributed by atoms with Crippen molar-refractivity contribution in [3.05, 3.63) is 77.6 Å². The number of carbonyl (C=O) groups is 3. The fourth-order valence-electron chi connectivity index (χ4n) is 4.81. The number of rotatable bonds is 8. The van der Waals surface area contributed by atoms with Gasteiger partial charge < -0.3 is 24.3 Å². The van der Waals surface area contributed by atoms with E-state index in [1.165, 1.54) is 14.2 Å². The molecule has 3 aromatic rings. The van der Waals surface area contributed by atoms with Gasteiger partial charge in [-0.15, -0.1) is 0 Å². The Morgan fingerprint density at radius 1 is 0.943 bits per heavy atom. The van der Waals surface area contributed by atoms with Crippen LogP contribution in [0.3, 0.4) is 0 Å². The lowest BCUT2D eigenvalue weighted by Gasteiger charge is -2.40. The fraction of sp³-hybridized carbons (Fsp3) is 0.269. The summed E-state index contributed by atoms with van der Waals surface area (Å²) >= 11 is 0. The number of nitrogens with one attached hydrogen (secondary N) is 1. The normalized spacial score (nSPS) is 16.0. The average Bonchev–Trinajstić information content (AvgIpc) is 3.50. The fourth-order valence-corrected chi connectivity index (χ4v) is 4.81. The second-order valence-corrected chi connectivity index (χ2v) is 8.35. The van der Waals surface area contributed by atoms with Gasteiger partial charge in [-0.2, -0.15) is 0 Å². The number of hydrogen-bond donors (Lipinski definition) is 1. The maximum absolute atomic E-state index is 13.7. The molecular weight excluding hydrogens is 448 g/mol. The Kier molecular flexibility index (Phi) is 5.90. The predicted octanol–water partition coefficient (Wildman–Crippen LogP) is 2.83. The summed E-state index contributed by atoms with van der Waals surface area (Å²) < 4.78 is 12.9. The molecule has 0 bridgehead atoms. The Bertz CT molecular complexity index is 1290. The van der Waals surface area contributed by atoms with E-state index in [2.05, 4.69) is 5.32 Å². The van der Waals surface area contributed by atoms with Crippen molar-refractivity contribution in [1.82, 2.24) is 14.8 Å². The van der Waals surface area contributed by atoms with Gasteiger partial charge in [-0.3, -0.25) is 19.3 Å². The molecular formula is C26H26N4O5. The van der Waals surface area contributed by atoms with Crippen LogP contribution in [0.2, 0.25) is 0 Å². The van der Waals surface area contributed by atoms with Crippen molar-refractivity contribution in [2.24, 2.45) is 0 Å². The second kappa shape index (κ2) is 9.17. The molecule has 0 fully saturated rings. The molecule has 180 valence electrons. The third-order valence-corrected chi connectivity index (χ3v) is 6.42. The van der Waals surface area contributed by atoms with E-state index >= 15 is 0 Å². The molecule has 5 rings (SSSR count). The number of para-hydroxylation sites is 1. The number of methoxy groups -OCH3 is 2. The zero-order chi connectivity index (χ0) is 24.5. The first-order chi connectivity index (χ1) is 17.0. The molecule has 1 aromatic heterocycles. The summed E-state index contributed by atoms with van der Waals surface area (Å²) in [7, 11) is 2.99. The number of fused-ring (bicyclic) bond motifs is 5. The lowest BCUT2D eigenvalue weighted by Crippen LogP contribution is -2.49. The number of hydrogen-bond acceptors (Lipinski definition) is 5. The monoisotopic (exact) mass is 474 g/mol. The molecule has 2 aliphatic heterocycles. The molecule has 35 heavy (non-hydrogen) atoms. The lowest BCUT2D eigenvalue weighted by atomic mass is 10.0. The Morgan fingerprint density at radius 2 is 1.71 bits per heavy atom. The SMILES string of the molecule is COc1ccc2c(c1OC)C(=O)N1c3ccccc3C(=O)N(CCC(=O)NCCn3cccc3)[C@H]21. The van der Waals surface area contributed by atoms with E-state index in [1.54, 1.807) is 46.2 Å². The van der Waals surface area contributed by atoms with Gasteiger partial charge in [0.15, 0.2) is 11.5 Å². The summed E-state index contributed by atoms with van der Waals surface area (Å²) in [4.78, 5) is 43.0. The van der Waals surface area contributed by atoms with Gasteiger partial charge in [0.25, 0.3) is 11.8 Å². The van der Waals surface area contributed by atoms with Crippen LogP contribution >= 0.6 is 0 Å². The summed E-state index contributed by atoms with van der Waals surface area (Å²) in [6, 6.07) is 14.4. The van der Waals surface area contributed by atoms with Crippen molar-refractivity contribution < 1.29 is 23.9 Å². The molecule has 0 radical (unpaired) electrons. The summed E-state index contributed by atoms with van der Waals surface area (Å²) in [5.74, 6) is 0.108. The first-order valence-electron chi connectivity index (χ1n) is 11.4. The molecule has 9 nitrogen and oxygen atoms in total. The van der Waals surface area contributed by atoms with Crippen LogP contribution in [0.5, 0.6) is 11.5 Å². The van der Waals surface area contributed by atoms with Crippen molar-refractivity contribution in [3.63, 3.8) is 0 Å². The zero-order valence-corrected chi connectivity index (χ0v) is 19.6. The van der Waals surface area contributed by atoms with Crippen LogP contribution in [0.25, 0.3) is 0 Å². The highest BCUT2D eigenvalue weighted by Crippen LogP contribution is 2.49. The molecule has 0 spiro atoms. The van der Waals surface area contributed by atoms with E-state index in [0.717, 1.165) is 0 Å². The zero-order valence-electron chi connectivity index (χ0n) is 19.6. The lowest BCUT2D eigenvalue weighted by molar-refractivity contribution is -0.121. The average molecular weight is 475 g/mol. The van der Waals surface area contributed by atoms with E-state index in [9.17, 15) is 14.4 Å². The third-order valence-electron chi connectivity index (χ3n) is 6.42. The van der Waals surface area contributed by atoms with Crippen LogP contribution in [0, 0.1) is 0 Å². The molecule has 3 amide bonds. The summed E-state index contributed by atoms with van der Waals surface area (Å²) in [6.45, 7) is 1.30. The van der Waals surface area contributed by atoms with Gasteiger partial charge in [0, 0.05) is 44.0 Å². The van der Waals surface area contributed by atoms with E-state index in [4.69, 9.17) is 9.47 Å². The van der Waals surface area contributed by atoms with Gasteiger partial charge in [-0.25, -0.2) is 0 Å². The van der Waals surface area contributed by atoms with Gasteiger partial charge in [-0.05, 0) is 30.3 Å². The Labute approximate surface area is 202 Å². The number of ether oxygens (including phenoxy) is 2. The molecule has 0 aliphatic carbocycles. The molecule has 0 saturated heterocycles. The van der Waals surface area contributed by atoms with Gasteiger partial charge in [0.2, 0.25) is 5.91 Å². The largest absolute Gasteiger partial charge is 0.493 e. The highest BCUT2D eigenvalue weighted by molar-refractivity contribution is 6.18. The van der Waals surface area contributed by atoms with Gasteiger partial charge in [0.05, 0.1) is 31.0 Å². The summed E-state index contributed by atoms with van der Waals surface area (Å²) in [5.41, 5.74) is 1.96. The minimum absolute atomic E-state index is 0.112. The third kappa shape index (κ3) is 3.78. The quantitative estimate of drug-likeness (QED) is 0.542. The van der Waals surface area contributed by atoms with E-state index in [0.29, 0.717) is 47.0 Å². The molecule has 1 atom stereocenters. The van der Waals surface area contributed by atoms with Gasteiger partial charge in [0.1, 0.15) is 6.17 Å². The van der Waals surface area contributed by atoms with Crippen LogP contribution in [0.1, 0.15) is 38.9 Å². The first-order valence-corrected chi connectivity index (χ1v) is 11.4. The number of aromatic nitrogens is 1. The maximum atomic E-state index is 13.7. The molecule has 0 saturated carbocycles. The minimum atomic E-state index is -0.674. The van der Waals surface area contributed by atoms with E-state index < -0.39 is 6.17 Å². The van der Waals surface area contributed by atoms with Crippen LogP contribution in [-0.2, 0) is 11.3 Å². The smallest absolute Gasteiger partial charge is 0.264 e. The minimum Gasteiger partial charge on any atom is -0.493 e. The second-order valence-electron chi connectivity index (χ2n) is 8.35. The Hall–Kier alpha value is -4.27. The van der Waals surface area contributed by atoms with Crippen molar-refractivity contribution in [2.45, 2.75) is 19.1 Å². The van der Waals surface area contributed by atoms with Crippen LogP contribution in [0.4, 0.5) is 5.69 Å². The molecule has 9 heteroatoms. The van der Waals surface area contributed by atoms with E-state index in [-0.39, 0.29) is 30.7 Å². The molecule has 2 aliphatic rings. The molecule has 0 unspecified atom stereocenters. The predicted molar refractivity (Wildman–Crippen MR) is 129 cm³/mol. The number of nitrogens with zero attached hydrogens (tertiary/aromatic N) is 3. The van der Waals surface area contributed by atoms with Crippen molar-refractivity contribution >= 4 is 23.4 Å². The van der Waals surface area contributed by atoms with Crippen molar-refractivity contribution in [1.29, 1.82) is 0 Å². The standard InChI is InChI=1S/C26H26N4O5/c1-34-20-10-9-18-22(23(20)35-2)26(33)30-19-8-4-3-7-17(19)25(32)29(24(18)30)15-11-21(31)27-12-16-28-13-5-6-14-28/h3-10,13-14,24H,11-12,15-16H2,1-2H3,(H,27,31)/t24-/m0/s1. The summed E-state index contributed by atoms with van der Waals surface area (Å²) in [6.07, 6.45) is 3.30. The van der Waals surface area contributed by atoms with Crippen molar-refractivity contribution in [3.8, 4) is 11.5 Å². The number of carbonyl (C=O) groups excluding carboxylic acids is 3. The number of anilines is 1. The van der Waals surface area contributed by atoms with Crippen molar-refractivity contribution in [2.75, 3.05) is 32.2 Å². The molecule has 1 N–H and O–H groups in total. The topological polar surface area (TPSA) is 93.1 Å². The molecule has 3 heterocycles. The highest BCUT2D eigenvalue weighted by Gasteiger charge is 2.49. The maximum Gasteiger partial charge on any atom is 0.264 e. The van der Waals surface area contributed by atoms with E-state index in [1.807, 2.05) is 29.1 Å². The van der Waals surface area contributed by atoms with Gasteiger partial charge >= 0.3 is 0 Å². The van der Waals surface area contributed by atoms with Crippen LogP contribution in [-0.4, -0.2) is 54.5 Å². The van der Waals surface area contributed by atoms with Gasteiger partial charge in [-0.1, -0.05) is 18.2 Å². The van der Waals surface area contributed by atoms with Crippen LogP contribution in [0.15, 0.2) is 60.9 Å². The highest BCUT2D eigenvalue weighted by atomic mass is 16.5. The van der Waals surface area contributed by atoms with Crippen LogP contribution < -0.4 is 19.7 Å². The molecule has 2 aromatic carbocycles. The first kappa shape index (κ1) is 22.5. The Balaban J connectivity index is 1.43.